The second-order valence-electron chi connectivity index (χ2n) is 5.51. The summed E-state index contributed by atoms with van der Waals surface area (Å²) in [6.07, 6.45) is 7.36. The van der Waals surface area contributed by atoms with Gasteiger partial charge in [-0.2, -0.15) is 10.2 Å². The van der Waals surface area contributed by atoms with E-state index in [1.165, 1.54) is 32.1 Å². The lowest BCUT2D eigenvalue weighted by atomic mass is 10.1. The summed E-state index contributed by atoms with van der Waals surface area (Å²) in [5, 5.41) is 13.0. The molecular weight excluding hydrogens is 310 g/mol. The van der Waals surface area contributed by atoms with Crippen LogP contribution in [0.3, 0.4) is 0 Å². The third kappa shape index (κ3) is 5.30. The largest absolute Gasteiger partial charge is 0.419 e. The third-order valence-electron chi connectivity index (χ3n) is 3.64. The average molecular weight is 332 g/mol. The van der Waals surface area contributed by atoms with Gasteiger partial charge in [0.05, 0.1) is 0 Å². The fourth-order valence-electron chi connectivity index (χ4n) is 2.34. The Kier molecular flexibility index (Phi) is 6.96. The lowest BCUT2D eigenvalue weighted by molar-refractivity contribution is 0.577. The molecule has 0 amide bonds. The zero-order valence-corrected chi connectivity index (χ0v) is 14.2. The van der Waals surface area contributed by atoms with Gasteiger partial charge in [-0.25, -0.2) is 0 Å². The van der Waals surface area contributed by atoms with Crippen molar-refractivity contribution >= 4 is 17.5 Å². The van der Waals surface area contributed by atoms with Gasteiger partial charge in [-0.05, 0) is 30.7 Å². The molecule has 0 saturated carbocycles. The van der Waals surface area contributed by atoms with Crippen LogP contribution >= 0.6 is 11.6 Å². The molecule has 0 radical (unpaired) electrons. The summed E-state index contributed by atoms with van der Waals surface area (Å²) >= 11 is 5.88. The zero-order valence-electron chi connectivity index (χ0n) is 13.4. The number of unbranched alkanes of at least 4 members (excludes halogenated alkanes) is 5. The molecule has 0 spiro atoms. The fourth-order valence-corrected chi connectivity index (χ4v) is 2.46. The molecule has 0 aliphatic rings. The number of nitrogens with one attached hydrogen (secondary N) is 1. The van der Waals surface area contributed by atoms with Crippen LogP contribution in [0.2, 0.25) is 5.02 Å². The van der Waals surface area contributed by atoms with Gasteiger partial charge in [-0.15, -0.1) is 0 Å². The van der Waals surface area contributed by atoms with Crippen LogP contribution in [0.25, 0.3) is 11.5 Å². The van der Waals surface area contributed by atoms with Gasteiger partial charge in [0.15, 0.2) is 0 Å². The van der Waals surface area contributed by atoms with Gasteiger partial charge in [-0.1, -0.05) is 50.6 Å². The third-order valence-corrected chi connectivity index (χ3v) is 3.89. The SMILES string of the molecule is CCCCCCCCNc1oc(-c2ccc(Cl)cc2)nc1C#N. The maximum absolute atomic E-state index is 9.19. The molecule has 2 aromatic rings. The second kappa shape index (κ2) is 9.22. The van der Waals surface area contributed by atoms with Crippen LogP contribution < -0.4 is 5.32 Å². The molecule has 0 saturated heterocycles. The monoisotopic (exact) mass is 331 g/mol. The summed E-state index contributed by atoms with van der Waals surface area (Å²) in [7, 11) is 0. The molecule has 4 nitrogen and oxygen atoms in total. The molecule has 0 unspecified atom stereocenters. The van der Waals surface area contributed by atoms with Crippen LogP contribution in [0.4, 0.5) is 5.88 Å². The van der Waals surface area contributed by atoms with Crippen LogP contribution in [0, 0.1) is 11.3 Å². The Morgan fingerprint density at radius 3 is 2.52 bits per heavy atom. The first kappa shape index (κ1) is 17.4. The first-order chi connectivity index (χ1) is 11.2. The van der Waals surface area contributed by atoms with E-state index in [1.807, 2.05) is 12.1 Å². The van der Waals surface area contributed by atoms with Crippen LogP contribution in [0.1, 0.15) is 51.1 Å². The van der Waals surface area contributed by atoms with Crippen molar-refractivity contribution in [1.82, 2.24) is 4.98 Å². The topological polar surface area (TPSA) is 61.9 Å². The van der Waals surface area contributed by atoms with Gasteiger partial charge < -0.3 is 9.73 Å². The number of nitriles is 1. The molecular formula is C18H22ClN3O. The first-order valence-electron chi connectivity index (χ1n) is 8.15. The lowest BCUT2D eigenvalue weighted by Gasteiger charge is -2.03. The summed E-state index contributed by atoms with van der Waals surface area (Å²) < 4.78 is 5.69. The number of hydrogen-bond donors (Lipinski definition) is 1. The summed E-state index contributed by atoms with van der Waals surface area (Å²) in [5.74, 6) is 0.884. The van der Waals surface area contributed by atoms with E-state index < -0.39 is 0 Å². The fraction of sp³-hybridized carbons (Fsp3) is 0.444. The minimum absolute atomic E-state index is 0.293. The standard InChI is InChI=1S/C18H22ClN3O/c1-2-3-4-5-6-7-12-21-18-16(13-20)22-17(23-18)14-8-10-15(19)11-9-14/h8-11,21H,2-7,12H2,1H3. The van der Waals surface area contributed by atoms with Crippen molar-refractivity contribution in [1.29, 1.82) is 5.26 Å². The van der Waals surface area contributed by atoms with Crippen LogP contribution in [-0.4, -0.2) is 11.5 Å². The second-order valence-corrected chi connectivity index (χ2v) is 5.95. The average Bonchev–Trinajstić information content (AvgIpc) is 2.98. The number of oxazole rings is 1. The van der Waals surface area contributed by atoms with Gasteiger partial charge in [-0.3, -0.25) is 0 Å². The molecule has 0 fully saturated rings. The maximum atomic E-state index is 9.19. The van der Waals surface area contributed by atoms with Crippen molar-refractivity contribution in [2.45, 2.75) is 45.4 Å². The van der Waals surface area contributed by atoms with Gasteiger partial charge in [0.1, 0.15) is 6.07 Å². The Hall–Kier alpha value is -1.99. The van der Waals surface area contributed by atoms with E-state index in [9.17, 15) is 5.26 Å². The predicted molar refractivity (Wildman–Crippen MR) is 93.5 cm³/mol. The molecule has 0 aliphatic carbocycles. The minimum atomic E-state index is 0.293. The molecule has 1 heterocycles. The quantitative estimate of drug-likeness (QED) is 0.604. The Morgan fingerprint density at radius 1 is 1.13 bits per heavy atom. The first-order valence-corrected chi connectivity index (χ1v) is 8.53. The molecule has 2 rings (SSSR count). The molecule has 1 N–H and O–H groups in total. The van der Waals surface area contributed by atoms with Gasteiger partial charge >= 0.3 is 0 Å². The van der Waals surface area contributed by atoms with E-state index >= 15 is 0 Å². The highest BCUT2D eigenvalue weighted by molar-refractivity contribution is 6.30. The van der Waals surface area contributed by atoms with Gasteiger partial charge in [0.25, 0.3) is 0 Å². The number of rotatable bonds is 9. The molecule has 0 bridgehead atoms. The Labute approximate surface area is 142 Å². The summed E-state index contributed by atoms with van der Waals surface area (Å²) in [4.78, 5) is 4.23. The number of hydrogen-bond acceptors (Lipinski definition) is 4. The molecule has 1 aromatic heterocycles. The van der Waals surface area contributed by atoms with Crippen molar-refractivity contribution in [3.05, 3.63) is 35.0 Å². The number of aromatic nitrogens is 1. The van der Waals surface area contributed by atoms with E-state index in [0.29, 0.717) is 22.5 Å². The molecule has 0 aliphatic heterocycles. The Balaban J connectivity index is 1.89. The highest BCUT2D eigenvalue weighted by Gasteiger charge is 2.13. The number of anilines is 1. The lowest BCUT2D eigenvalue weighted by Crippen LogP contribution is -2.01. The smallest absolute Gasteiger partial charge is 0.232 e. The molecule has 1 aromatic carbocycles. The molecule has 5 heteroatoms. The summed E-state index contributed by atoms with van der Waals surface area (Å²) in [6, 6.07) is 9.27. The van der Waals surface area contributed by atoms with E-state index in [2.05, 4.69) is 23.3 Å². The van der Waals surface area contributed by atoms with Gasteiger partial charge in [0.2, 0.25) is 17.5 Å². The van der Waals surface area contributed by atoms with Crippen molar-refractivity contribution in [2.75, 3.05) is 11.9 Å². The predicted octanol–water partition coefficient (Wildman–Crippen LogP) is 5.64. The van der Waals surface area contributed by atoms with Crippen molar-refractivity contribution < 1.29 is 4.42 Å². The van der Waals surface area contributed by atoms with Crippen LogP contribution in [0.15, 0.2) is 28.7 Å². The maximum Gasteiger partial charge on any atom is 0.232 e. The van der Waals surface area contributed by atoms with E-state index in [-0.39, 0.29) is 0 Å². The molecule has 0 atom stereocenters. The summed E-state index contributed by atoms with van der Waals surface area (Å²) in [5.41, 5.74) is 1.10. The van der Waals surface area contributed by atoms with Crippen molar-refractivity contribution in [3.8, 4) is 17.5 Å². The van der Waals surface area contributed by atoms with Crippen molar-refractivity contribution in [2.24, 2.45) is 0 Å². The Morgan fingerprint density at radius 2 is 1.83 bits per heavy atom. The minimum Gasteiger partial charge on any atom is -0.419 e. The highest BCUT2D eigenvalue weighted by Crippen LogP contribution is 2.26. The van der Waals surface area contributed by atoms with E-state index in [0.717, 1.165) is 18.5 Å². The molecule has 23 heavy (non-hydrogen) atoms. The highest BCUT2D eigenvalue weighted by atomic mass is 35.5. The van der Waals surface area contributed by atoms with Crippen LogP contribution in [-0.2, 0) is 0 Å². The van der Waals surface area contributed by atoms with E-state index in [4.69, 9.17) is 16.0 Å². The number of halogens is 1. The van der Waals surface area contributed by atoms with E-state index in [1.54, 1.807) is 12.1 Å². The number of nitrogens with zero attached hydrogens (tertiary/aromatic N) is 2. The summed E-state index contributed by atoms with van der Waals surface area (Å²) in [6.45, 7) is 3.00. The van der Waals surface area contributed by atoms with Crippen LogP contribution in [0.5, 0.6) is 0 Å². The number of benzene rings is 1. The van der Waals surface area contributed by atoms with Crippen molar-refractivity contribution in [3.63, 3.8) is 0 Å². The Bertz CT molecular complexity index is 643. The normalized spacial score (nSPS) is 10.5. The molecule has 122 valence electrons. The zero-order chi connectivity index (χ0) is 16.5. The van der Waals surface area contributed by atoms with Gasteiger partial charge in [0, 0.05) is 17.1 Å².